The second kappa shape index (κ2) is 17.5. The van der Waals surface area contributed by atoms with E-state index >= 15 is 0 Å². The van der Waals surface area contributed by atoms with Crippen molar-refractivity contribution in [2.45, 2.75) is 110 Å². The van der Waals surface area contributed by atoms with E-state index in [1.807, 2.05) is 134 Å². The lowest BCUT2D eigenvalue weighted by Crippen LogP contribution is -2.50. The van der Waals surface area contributed by atoms with Gasteiger partial charge in [0, 0.05) is 52.4 Å². The van der Waals surface area contributed by atoms with E-state index in [4.69, 9.17) is 23.7 Å². The lowest BCUT2D eigenvalue weighted by molar-refractivity contribution is -0.162. The fourth-order valence-electron chi connectivity index (χ4n) is 7.74. The number of aromatic nitrogens is 3. The third-order valence-corrected chi connectivity index (χ3v) is 10.2. The second-order valence-corrected chi connectivity index (χ2v) is 17.6. The number of nitrogens with zero attached hydrogens (tertiary/aromatic N) is 6. The summed E-state index contributed by atoms with van der Waals surface area (Å²) in [5.41, 5.74) is 0.495. The van der Waals surface area contributed by atoms with Crippen molar-refractivity contribution in [3.8, 4) is 11.5 Å². The molecule has 2 fully saturated rings. The van der Waals surface area contributed by atoms with Crippen LogP contribution >= 0.6 is 0 Å². The van der Waals surface area contributed by atoms with E-state index in [0.29, 0.717) is 39.0 Å². The number of anilines is 1. The number of carbonyl (C=O) groups excluding carboxylic acids is 2. The summed E-state index contributed by atoms with van der Waals surface area (Å²) in [6.07, 6.45) is 4.17. The van der Waals surface area contributed by atoms with Crippen molar-refractivity contribution in [2.24, 2.45) is 5.92 Å². The SMILES string of the molecule is CNc1ncnc2c1ccn2[C@@H]1C[C@H](CN(CCCN(CCc2cccc(Oc3ccccc3)c2)C(=O)OC(C)(C)C)N(C)C(=O)OC(C)(C)C)[C@H]2OC(C)(C)O[C@H]21. The highest BCUT2D eigenvalue weighted by Gasteiger charge is 2.55. The van der Waals surface area contributed by atoms with Crippen LogP contribution in [0.1, 0.15) is 79.8 Å². The van der Waals surface area contributed by atoms with Crippen molar-refractivity contribution in [1.82, 2.24) is 29.5 Å². The predicted molar refractivity (Wildman–Crippen MR) is 223 cm³/mol. The number of para-hydroxylation sites is 1. The molecule has 6 rings (SSSR count). The third-order valence-electron chi connectivity index (χ3n) is 10.2. The van der Waals surface area contributed by atoms with E-state index < -0.39 is 23.1 Å². The van der Waals surface area contributed by atoms with Gasteiger partial charge in [0.05, 0.1) is 17.5 Å². The Morgan fingerprint density at radius 2 is 1.57 bits per heavy atom. The van der Waals surface area contributed by atoms with Crippen LogP contribution in [0.5, 0.6) is 11.5 Å². The van der Waals surface area contributed by atoms with E-state index in [-0.39, 0.29) is 30.3 Å². The minimum atomic E-state index is -0.788. The fraction of sp³-hybridized carbons (Fsp3) is 0.545. The van der Waals surface area contributed by atoms with Crippen molar-refractivity contribution >= 4 is 29.0 Å². The van der Waals surface area contributed by atoms with E-state index in [1.165, 1.54) is 0 Å². The van der Waals surface area contributed by atoms with Crippen LogP contribution in [0.25, 0.3) is 11.0 Å². The van der Waals surface area contributed by atoms with Gasteiger partial charge in [-0.2, -0.15) is 0 Å². The minimum Gasteiger partial charge on any atom is -0.457 e. The summed E-state index contributed by atoms with van der Waals surface area (Å²) in [5, 5.41) is 7.66. The van der Waals surface area contributed by atoms with Crippen LogP contribution in [0.4, 0.5) is 15.4 Å². The molecule has 2 amide bonds. The summed E-state index contributed by atoms with van der Waals surface area (Å²) in [5.74, 6) is 1.44. The van der Waals surface area contributed by atoms with Crippen molar-refractivity contribution in [3.63, 3.8) is 0 Å². The highest BCUT2D eigenvalue weighted by atomic mass is 16.8. The summed E-state index contributed by atoms with van der Waals surface area (Å²) < 4.78 is 33.2. The Balaban J connectivity index is 1.20. The molecule has 1 aliphatic carbocycles. The molecule has 2 aromatic heterocycles. The smallest absolute Gasteiger partial charge is 0.424 e. The van der Waals surface area contributed by atoms with Gasteiger partial charge in [0.2, 0.25) is 0 Å². The van der Waals surface area contributed by atoms with Crippen LogP contribution in [-0.2, 0) is 25.4 Å². The van der Waals surface area contributed by atoms with E-state index in [1.54, 1.807) is 23.3 Å². The van der Waals surface area contributed by atoms with Crippen molar-refractivity contribution in [1.29, 1.82) is 0 Å². The maximum atomic E-state index is 13.6. The number of benzene rings is 2. The van der Waals surface area contributed by atoms with Gasteiger partial charge in [0.15, 0.2) is 5.79 Å². The van der Waals surface area contributed by atoms with Gasteiger partial charge in [-0.05, 0) is 111 Å². The molecule has 14 heteroatoms. The molecule has 4 aromatic rings. The highest BCUT2D eigenvalue weighted by Crippen LogP contribution is 2.48. The molecule has 1 aliphatic heterocycles. The molecule has 1 saturated heterocycles. The van der Waals surface area contributed by atoms with Crippen LogP contribution < -0.4 is 10.1 Å². The summed E-state index contributed by atoms with van der Waals surface area (Å²) >= 11 is 0. The molecule has 14 nitrogen and oxygen atoms in total. The molecule has 4 atom stereocenters. The summed E-state index contributed by atoms with van der Waals surface area (Å²) in [6, 6.07) is 19.5. The van der Waals surface area contributed by atoms with Gasteiger partial charge < -0.3 is 38.5 Å². The molecule has 0 radical (unpaired) electrons. The number of hydrogen-bond donors (Lipinski definition) is 1. The van der Waals surface area contributed by atoms with Gasteiger partial charge in [0.25, 0.3) is 0 Å². The topological polar surface area (TPSA) is 133 Å². The number of carbonyl (C=O) groups is 2. The number of nitrogens with one attached hydrogen (secondary N) is 1. The number of hydrazine groups is 1. The first-order chi connectivity index (χ1) is 27.4. The zero-order valence-corrected chi connectivity index (χ0v) is 35.7. The van der Waals surface area contributed by atoms with Crippen molar-refractivity contribution in [2.75, 3.05) is 45.6 Å². The Bertz CT molecular complexity index is 2010. The fourth-order valence-corrected chi connectivity index (χ4v) is 7.74. The van der Waals surface area contributed by atoms with E-state index in [2.05, 4.69) is 19.9 Å². The lowest BCUT2D eigenvalue weighted by Gasteiger charge is -2.36. The van der Waals surface area contributed by atoms with Gasteiger partial charge in [-0.3, -0.25) is 0 Å². The summed E-state index contributed by atoms with van der Waals surface area (Å²) in [7, 11) is 3.58. The highest BCUT2D eigenvalue weighted by molar-refractivity contribution is 5.87. The Morgan fingerprint density at radius 3 is 2.28 bits per heavy atom. The molecule has 1 N–H and O–H groups in total. The van der Waals surface area contributed by atoms with Gasteiger partial charge in [-0.1, -0.05) is 30.3 Å². The quantitative estimate of drug-likeness (QED) is 0.124. The number of rotatable bonds is 14. The molecule has 314 valence electrons. The number of ether oxygens (including phenoxy) is 5. The van der Waals surface area contributed by atoms with Crippen molar-refractivity contribution < 1.29 is 33.3 Å². The molecule has 2 aromatic carbocycles. The molecule has 0 unspecified atom stereocenters. The molecule has 1 saturated carbocycles. The largest absolute Gasteiger partial charge is 0.457 e. The maximum Gasteiger partial charge on any atom is 0.424 e. The van der Waals surface area contributed by atoms with Gasteiger partial charge in [-0.15, -0.1) is 0 Å². The number of amides is 2. The number of hydrogen-bond acceptors (Lipinski definition) is 11. The zero-order valence-electron chi connectivity index (χ0n) is 35.7. The molecule has 58 heavy (non-hydrogen) atoms. The Kier molecular flexibility index (Phi) is 12.9. The van der Waals surface area contributed by atoms with Gasteiger partial charge in [0.1, 0.15) is 46.6 Å². The first-order valence-electron chi connectivity index (χ1n) is 20.3. The maximum absolute atomic E-state index is 13.6. The van der Waals surface area contributed by atoms with Crippen LogP contribution in [0.2, 0.25) is 0 Å². The standard InChI is InChI=1S/C44H61N7O7/c1-42(2,3)57-40(52)48(10)50(28-31-27-35(37-36(31)55-44(7,8)56-37)51-25-21-34-38(45-9)46-29-47-39(34)51)23-15-22-49(41(53)58-43(4,5)6)24-20-30-16-14-19-33(26-30)54-32-17-12-11-13-18-32/h11-14,16-19,21,25-26,29,31,35-37H,15,20,22-24,27-28H2,1-10H3,(H,45,46,47)/t31-,35-,36-,37+/m1/s1. The molecular formula is C44H61N7O7. The first kappa shape index (κ1) is 42.7. The van der Waals surface area contributed by atoms with Crippen LogP contribution in [0.15, 0.2) is 73.2 Å². The summed E-state index contributed by atoms with van der Waals surface area (Å²) in [4.78, 5) is 38.1. The van der Waals surface area contributed by atoms with Crippen molar-refractivity contribution in [3.05, 3.63) is 78.8 Å². The average molecular weight is 800 g/mol. The van der Waals surface area contributed by atoms with Crippen LogP contribution in [0, 0.1) is 5.92 Å². The molecule has 2 aliphatic rings. The summed E-state index contributed by atoms with van der Waals surface area (Å²) in [6.45, 7) is 16.8. The Hall–Kier alpha value is -4.92. The average Bonchev–Trinajstić information content (AvgIpc) is 3.81. The predicted octanol–water partition coefficient (Wildman–Crippen LogP) is 8.30. The van der Waals surface area contributed by atoms with Crippen LogP contribution in [-0.4, -0.2) is 111 Å². The van der Waals surface area contributed by atoms with Gasteiger partial charge >= 0.3 is 12.2 Å². The first-order valence-corrected chi connectivity index (χ1v) is 20.3. The van der Waals surface area contributed by atoms with E-state index in [9.17, 15) is 9.59 Å². The molecule has 3 heterocycles. The third kappa shape index (κ3) is 10.8. The normalized spacial score (nSPS) is 20.2. The monoisotopic (exact) mass is 799 g/mol. The molecule has 0 bridgehead atoms. The van der Waals surface area contributed by atoms with Crippen LogP contribution in [0.3, 0.4) is 0 Å². The Labute approximate surface area is 342 Å². The molecular weight excluding hydrogens is 739 g/mol. The Morgan fingerprint density at radius 1 is 0.879 bits per heavy atom. The second-order valence-electron chi connectivity index (χ2n) is 17.6. The zero-order chi connectivity index (χ0) is 41.8. The lowest BCUT2D eigenvalue weighted by atomic mass is 10.0. The molecule has 0 spiro atoms. The van der Waals surface area contributed by atoms with Gasteiger partial charge in [-0.25, -0.2) is 29.6 Å². The number of fused-ring (bicyclic) bond motifs is 2. The van der Waals surface area contributed by atoms with E-state index in [0.717, 1.165) is 40.3 Å². The minimum absolute atomic E-state index is 0.0166.